The Labute approximate surface area is 103 Å². The number of aryl methyl sites for hydroxylation is 1. The van der Waals surface area contributed by atoms with Crippen molar-refractivity contribution < 1.29 is 4.74 Å². The number of nitrogens with zero attached hydrogens (tertiary/aromatic N) is 2. The van der Waals surface area contributed by atoms with Crippen LogP contribution < -0.4 is 5.32 Å². The van der Waals surface area contributed by atoms with E-state index in [1.807, 2.05) is 26.6 Å². The molecule has 0 saturated heterocycles. The van der Waals surface area contributed by atoms with E-state index in [2.05, 4.69) is 21.8 Å². The second-order valence-electron chi connectivity index (χ2n) is 4.77. The van der Waals surface area contributed by atoms with E-state index in [0.717, 1.165) is 25.2 Å². The van der Waals surface area contributed by atoms with Gasteiger partial charge in [0.25, 0.3) is 0 Å². The van der Waals surface area contributed by atoms with Gasteiger partial charge in [0.2, 0.25) is 0 Å². The third-order valence-corrected chi connectivity index (χ3v) is 4.02. The van der Waals surface area contributed by atoms with Crippen molar-refractivity contribution in [1.82, 2.24) is 14.9 Å². The second kappa shape index (κ2) is 5.19. The molecular formula is C13H23N3O. The molecule has 1 unspecified atom stereocenters. The van der Waals surface area contributed by atoms with Crippen LogP contribution in [0.4, 0.5) is 0 Å². The van der Waals surface area contributed by atoms with Gasteiger partial charge in [0.05, 0.1) is 11.6 Å². The fourth-order valence-corrected chi connectivity index (χ4v) is 3.06. The monoisotopic (exact) mass is 237 g/mol. The predicted molar refractivity (Wildman–Crippen MR) is 67.9 cm³/mol. The van der Waals surface area contributed by atoms with Crippen LogP contribution in [0.2, 0.25) is 0 Å². The molecule has 0 spiro atoms. The zero-order chi connectivity index (χ0) is 12.3. The molecule has 1 aromatic rings. The molecule has 0 amide bonds. The molecule has 0 aliphatic heterocycles. The quantitative estimate of drug-likeness (QED) is 0.852. The molecule has 17 heavy (non-hydrogen) atoms. The zero-order valence-corrected chi connectivity index (χ0v) is 11.1. The van der Waals surface area contributed by atoms with Gasteiger partial charge >= 0.3 is 0 Å². The minimum absolute atomic E-state index is 0.0764. The fraction of sp³-hybridized carbons (Fsp3) is 0.769. The molecule has 1 fully saturated rings. The van der Waals surface area contributed by atoms with Crippen molar-refractivity contribution in [3.63, 3.8) is 0 Å². The summed E-state index contributed by atoms with van der Waals surface area (Å²) in [6.07, 6.45) is 8.65. The van der Waals surface area contributed by atoms with E-state index in [1.165, 1.54) is 12.8 Å². The average molecular weight is 237 g/mol. The van der Waals surface area contributed by atoms with Crippen LogP contribution in [0, 0.1) is 0 Å². The molecule has 0 bridgehead atoms. The van der Waals surface area contributed by atoms with Crippen LogP contribution in [-0.4, -0.2) is 29.3 Å². The van der Waals surface area contributed by atoms with Gasteiger partial charge in [-0.25, -0.2) is 4.98 Å². The van der Waals surface area contributed by atoms with Gasteiger partial charge in [0, 0.05) is 26.0 Å². The molecule has 1 atom stereocenters. The maximum atomic E-state index is 5.86. The summed E-state index contributed by atoms with van der Waals surface area (Å²) in [5.74, 6) is 1.10. The maximum Gasteiger partial charge on any atom is 0.128 e. The Bertz CT molecular complexity index is 355. The van der Waals surface area contributed by atoms with Crippen molar-refractivity contribution in [3.05, 3.63) is 18.2 Å². The molecule has 2 rings (SSSR count). The SMILES string of the molecule is CCn1ccnc1C(NC)C1(OC)CCCC1. The lowest BCUT2D eigenvalue weighted by molar-refractivity contribution is -0.0379. The molecule has 1 N–H and O–H groups in total. The highest BCUT2D eigenvalue weighted by Crippen LogP contribution is 2.41. The van der Waals surface area contributed by atoms with Crippen LogP contribution in [0.15, 0.2) is 12.4 Å². The second-order valence-corrected chi connectivity index (χ2v) is 4.77. The Morgan fingerprint density at radius 1 is 1.53 bits per heavy atom. The van der Waals surface area contributed by atoms with Crippen LogP contribution >= 0.6 is 0 Å². The zero-order valence-electron chi connectivity index (χ0n) is 11.1. The largest absolute Gasteiger partial charge is 0.376 e. The molecule has 1 heterocycles. The Balaban J connectivity index is 2.32. The average Bonchev–Trinajstić information content (AvgIpc) is 2.99. The molecule has 0 radical (unpaired) electrons. The van der Waals surface area contributed by atoms with Crippen LogP contribution in [0.5, 0.6) is 0 Å². The van der Waals surface area contributed by atoms with Crippen molar-refractivity contribution in [2.45, 2.75) is 50.8 Å². The van der Waals surface area contributed by atoms with Gasteiger partial charge in [0.1, 0.15) is 5.82 Å². The number of hydrogen-bond acceptors (Lipinski definition) is 3. The van der Waals surface area contributed by atoms with E-state index < -0.39 is 0 Å². The number of aromatic nitrogens is 2. The number of likely N-dealkylation sites (N-methyl/N-ethyl adjacent to an activating group) is 1. The number of hydrogen-bond donors (Lipinski definition) is 1. The standard InChI is InChI=1S/C13H23N3O/c1-4-16-10-9-15-12(16)11(14-2)13(17-3)7-5-6-8-13/h9-11,14H,4-8H2,1-3H3. The van der Waals surface area contributed by atoms with Crippen molar-refractivity contribution in [2.24, 2.45) is 0 Å². The van der Waals surface area contributed by atoms with E-state index in [0.29, 0.717) is 0 Å². The molecule has 4 heteroatoms. The van der Waals surface area contributed by atoms with E-state index in [4.69, 9.17) is 4.74 Å². The molecule has 0 aromatic carbocycles. The van der Waals surface area contributed by atoms with Crippen molar-refractivity contribution in [2.75, 3.05) is 14.2 Å². The minimum atomic E-state index is -0.0764. The molecule has 1 aliphatic carbocycles. The van der Waals surface area contributed by atoms with Gasteiger partial charge in [-0.3, -0.25) is 0 Å². The predicted octanol–water partition coefficient (Wildman–Crippen LogP) is 2.12. The fourth-order valence-electron chi connectivity index (χ4n) is 3.06. The lowest BCUT2D eigenvalue weighted by Gasteiger charge is -2.35. The summed E-state index contributed by atoms with van der Waals surface area (Å²) in [5.41, 5.74) is -0.0764. The highest BCUT2D eigenvalue weighted by molar-refractivity contribution is 5.09. The normalized spacial score (nSPS) is 20.6. The third kappa shape index (κ3) is 2.11. The lowest BCUT2D eigenvalue weighted by atomic mass is 9.91. The number of rotatable bonds is 5. The van der Waals surface area contributed by atoms with Crippen LogP contribution in [0.25, 0.3) is 0 Å². The van der Waals surface area contributed by atoms with Gasteiger partial charge in [-0.1, -0.05) is 12.8 Å². The van der Waals surface area contributed by atoms with E-state index in [1.54, 1.807) is 0 Å². The first kappa shape index (κ1) is 12.6. The first-order chi connectivity index (χ1) is 8.27. The number of nitrogens with one attached hydrogen (secondary N) is 1. The molecule has 1 saturated carbocycles. The summed E-state index contributed by atoms with van der Waals surface area (Å²) in [4.78, 5) is 4.52. The van der Waals surface area contributed by atoms with E-state index >= 15 is 0 Å². The molecule has 1 aromatic heterocycles. The van der Waals surface area contributed by atoms with Gasteiger partial charge in [-0.15, -0.1) is 0 Å². The highest BCUT2D eigenvalue weighted by atomic mass is 16.5. The van der Waals surface area contributed by atoms with E-state index in [9.17, 15) is 0 Å². The van der Waals surface area contributed by atoms with Gasteiger partial charge in [0.15, 0.2) is 0 Å². The summed E-state index contributed by atoms with van der Waals surface area (Å²) in [7, 11) is 3.83. The molecule has 96 valence electrons. The number of imidazole rings is 1. The lowest BCUT2D eigenvalue weighted by Crippen LogP contribution is -2.43. The Morgan fingerprint density at radius 2 is 2.24 bits per heavy atom. The van der Waals surface area contributed by atoms with E-state index in [-0.39, 0.29) is 11.6 Å². The van der Waals surface area contributed by atoms with Crippen LogP contribution in [-0.2, 0) is 11.3 Å². The number of methoxy groups -OCH3 is 1. The summed E-state index contributed by atoms with van der Waals surface area (Å²) in [6, 6.07) is 0.185. The third-order valence-electron chi connectivity index (χ3n) is 4.02. The summed E-state index contributed by atoms with van der Waals surface area (Å²) in [6.45, 7) is 3.10. The van der Waals surface area contributed by atoms with Gasteiger partial charge in [-0.05, 0) is 26.8 Å². The minimum Gasteiger partial charge on any atom is -0.376 e. The number of ether oxygens (including phenoxy) is 1. The van der Waals surface area contributed by atoms with Crippen LogP contribution in [0.3, 0.4) is 0 Å². The molecule has 4 nitrogen and oxygen atoms in total. The molecular weight excluding hydrogens is 214 g/mol. The Hall–Kier alpha value is -0.870. The van der Waals surface area contributed by atoms with Crippen molar-refractivity contribution >= 4 is 0 Å². The van der Waals surface area contributed by atoms with Crippen LogP contribution in [0.1, 0.15) is 44.5 Å². The van der Waals surface area contributed by atoms with Crippen molar-refractivity contribution in [1.29, 1.82) is 0 Å². The topological polar surface area (TPSA) is 39.1 Å². The first-order valence-electron chi connectivity index (χ1n) is 6.51. The van der Waals surface area contributed by atoms with Crippen molar-refractivity contribution in [3.8, 4) is 0 Å². The van der Waals surface area contributed by atoms with Gasteiger partial charge in [-0.2, -0.15) is 0 Å². The first-order valence-corrected chi connectivity index (χ1v) is 6.51. The van der Waals surface area contributed by atoms with Gasteiger partial charge < -0.3 is 14.6 Å². The highest BCUT2D eigenvalue weighted by Gasteiger charge is 2.43. The Morgan fingerprint density at radius 3 is 2.76 bits per heavy atom. The summed E-state index contributed by atoms with van der Waals surface area (Å²) < 4.78 is 8.05. The summed E-state index contributed by atoms with van der Waals surface area (Å²) >= 11 is 0. The molecule has 1 aliphatic rings. The smallest absolute Gasteiger partial charge is 0.128 e. The maximum absolute atomic E-state index is 5.86. The Kier molecular flexibility index (Phi) is 3.84. The summed E-state index contributed by atoms with van der Waals surface area (Å²) in [5, 5.41) is 3.40.